The quantitative estimate of drug-likeness (QED) is 0.610. The summed E-state index contributed by atoms with van der Waals surface area (Å²) in [7, 11) is 0. The largest absolute Gasteiger partial charge is 0.315 e. The zero-order chi connectivity index (χ0) is 9.47. The molecule has 2 aliphatic heterocycles. The summed E-state index contributed by atoms with van der Waals surface area (Å²) in [6.45, 7) is 10.8. The van der Waals surface area contributed by atoms with E-state index in [1.54, 1.807) is 0 Å². The van der Waals surface area contributed by atoms with E-state index in [0.29, 0.717) is 5.54 Å². The summed E-state index contributed by atoms with van der Waals surface area (Å²) >= 11 is 0. The zero-order valence-electron chi connectivity index (χ0n) is 9.14. The molecule has 0 aliphatic carbocycles. The standard InChI is InChI=1S/C11H22N2/c1-11(2,3)13-7-5-9-4-6-12-8-10(9)13/h9-10,12H,4-8H2,1-3H3. The number of nitrogens with zero attached hydrogens (tertiary/aromatic N) is 1. The normalized spacial score (nSPS) is 36.2. The van der Waals surface area contributed by atoms with Crippen molar-refractivity contribution in [3.05, 3.63) is 0 Å². The first kappa shape index (κ1) is 9.47. The molecule has 0 aromatic rings. The highest BCUT2D eigenvalue weighted by atomic mass is 15.3. The second kappa shape index (κ2) is 3.25. The number of nitrogens with one attached hydrogen (secondary N) is 1. The van der Waals surface area contributed by atoms with Gasteiger partial charge in [0.1, 0.15) is 0 Å². The van der Waals surface area contributed by atoms with Gasteiger partial charge in [-0.05, 0) is 52.6 Å². The highest BCUT2D eigenvalue weighted by Gasteiger charge is 2.40. The Morgan fingerprint density at radius 2 is 2.00 bits per heavy atom. The molecule has 0 spiro atoms. The van der Waals surface area contributed by atoms with E-state index in [2.05, 4.69) is 31.0 Å². The Kier molecular flexibility index (Phi) is 2.37. The van der Waals surface area contributed by atoms with E-state index in [0.717, 1.165) is 12.0 Å². The lowest BCUT2D eigenvalue weighted by Crippen LogP contribution is -2.52. The average Bonchev–Trinajstić information content (AvgIpc) is 2.45. The molecule has 13 heavy (non-hydrogen) atoms. The molecule has 2 nitrogen and oxygen atoms in total. The third-order valence-electron chi connectivity index (χ3n) is 3.59. The van der Waals surface area contributed by atoms with Crippen molar-refractivity contribution in [3.63, 3.8) is 0 Å². The van der Waals surface area contributed by atoms with Crippen LogP contribution >= 0.6 is 0 Å². The van der Waals surface area contributed by atoms with E-state index in [1.807, 2.05) is 0 Å². The molecular weight excluding hydrogens is 160 g/mol. The van der Waals surface area contributed by atoms with E-state index in [-0.39, 0.29) is 0 Å². The molecule has 0 aromatic carbocycles. The molecule has 0 radical (unpaired) electrons. The first-order valence-electron chi connectivity index (χ1n) is 5.56. The van der Waals surface area contributed by atoms with E-state index in [1.165, 1.54) is 32.5 Å². The number of piperidine rings is 1. The fourth-order valence-electron chi connectivity index (χ4n) is 2.90. The minimum absolute atomic E-state index is 0.360. The molecular formula is C11H22N2. The fraction of sp³-hybridized carbons (Fsp3) is 1.00. The van der Waals surface area contributed by atoms with Crippen LogP contribution in [-0.4, -0.2) is 36.1 Å². The summed E-state index contributed by atoms with van der Waals surface area (Å²) in [5.74, 6) is 0.973. The predicted octanol–water partition coefficient (Wildman–Crippen LogP) is 1.47. The number of hydrogen-bond acceptors (Lipinski definition) is 2. The van der Waals surface area contributed by atoms with Crippen molar-refractivity contribution < 1.29 is 0 Å². The highest BCUT2D eigenvalue weighted by Crippen LogP contribution is 2.33. The highest BCUT2D eigenvalue weighted by molar-refractivity contribution is 4.96. The fourth-order valence-corrected chi connectivity index (χ4v) is 2.90. The summed E-state index contributed by atoms with van der Waals surface area (Å²) in [5.41, 5.74) is 0.360. The Hall–Kier alpha value is -0.0800. The van der Waals surface area contributed by atoms with Crippen LogP contribution in [0.4, 0.5) is 0 Å². The molecule has 2 unspecified atom stereocenters. The van der Waals surface area contributed by atoms with Gasteiger partial charge >= 0.3 is 0 Å². The summed E-state index contributed by atoms with van der Waals surface area (Å²) in [6, 6.07) is 0.814. The van der Waals surface area contributed by atoms with Crippen molar-refractivity contribution >= 4 is 0 Å². The first-order chi connectivity index (χ1) is 6.09. The van der Waals surface area contributed by atoms with Crippen molar-refractivity contribution in [2.24, 2.45) is 5.92 Å². The number of likely N-dealkylation sites (tertiary alicyclic amines) is 1. The minimum Gasteiger partial charge on any atom is -0.315 e. The zero-order valence-corrected chi connectivity index (χ0v) is 9.14. The van der Waals surface area contributed by atoms with Crippen LogP contribution < -0.4 is 5.32 Å². The van der Waals surface area contributed by atoms with Crippen LogP contribution in [0.3, 0.4) is 0 Å². The molecule has 0 amide bonds. The van der Waals surface area contributed by atoms with Gasteiger partial charge in [0.15, 0.2) is 0 Å². The van der Waals surface area contributed by atoms with E-state index < -0.39 is 0 Å². The monoisotopic (exact) mass is 182 g/mol. The van der Waals surface area contributed by atoms with Crippen LogP contribution in [0.5, 0.6) is 0 Å². The van der Waals surface area contributed by atoms with Crippen molar-refractivity contribution in [1.29, 1.82) is 0 Å². The lowest BCUT2D eigenvalue weighted by molar-refractivity contribution is 0.0952. The summed E-state index contributed by atoms with van der Waals surface area (Å²) < 4.78 is 0. The van der Waals surface area contributed by atoms with Gasteiger partial charge in [-0.25, -0.2) is 0 Å². The summed E-state index contributed by atoms with van der Waals surface area (Å²) in [6.07, 6.45) is 2.81. The average molecular weight is 182 g/mol. The topological polar surface area (TPSA) is 15.3 Å². The lowest BCUT2D eigenvalue weighted by atomic mass is 9.92. The van der Waals surface area contributed by atoms with Crippen molar-refractivity contribution in [1.82, 2.24) is 10.2 Å². The SMILES string of the molecule is CC(C)(C)N1CCC2CCNCC21. The van der Waals surface area contributed by atoms with Gasteiger partial charge in [-0.1, -0.05) is 0 Å². The maximum absolute atomic E-state index is 3.52. The van der Waals surface area contributed by atoms with Gasteiger partial charge in [-0.3, -0.25) is 4.90 Å². The maximum atomic E-state index is 3.52. The smallest absolute Gasteiger partial charge is 0.0254 e. The molecule has 2 heteroatoms. The van der Waals surface area contributed by atoms with Crippen LogP contribution in [0.2, 0.25) is 0 Å². The number of hydrogen-bond donors (Lipinski definition) is 1. The molecule has 2 heterocycles. The second-order valence-corrected chi connectivity index (χ2v) is 5.47. The Balaban J connectivity index is 2.07. The number of fused-ring (bicyclic) bond motifs is 1. The summed E-state index contributed by atoms with van der Waals surface area (Å²) in [4.78, 5) is 2.68. The van der Waals surface area contributed by atoms with Crippen LogP contribution in [0.25, 0.3) is 0 Å². The molecule has 2 atom stereocenters. The van der Waals surface area contributed by atoms with E-state index in [4.69, 9.17) is 0 Å². The Morgan fingerprint density at radius 1 is 1.23 bits per heavy atom. The van der Waals surface area contributed by atoms with Crippen molar-refractivity contribution in [2.45, 2.75) is 45.2 Å². The van der Waals surface area contributed by atoms with Gasteiger partial charge in [0.05, 0.1) is 0 Å². The third kappa shape index (κ3) is 1.75. The van der Waals surface area contributed by atoms with Gasteiger partial charge < -0.3 is 5.32 Å². The van der Waals surface area contributed by atoms with Crippen LogP contribution in [0.15, 0.2) is 0 Å². The first-order valence-corrected chi connectivity index (χ1v) is 5.56. The number of rotatable bonds is 0. The van der Waals surface area contributed by atoms with E-state index in [9.17, 15) is 0 Å². The molecule has 2 saturated heterocycles. The Labute approximate surface area is 81.7 Å². The predicted molar refractivity (Wildman–Crippen MR) is 55.8 cm³/mol. The third-order valence-corrected chi connectivity index (χ3v) is 3.59. The van der Waals surface area contributed by atoms with Gasteiger partial charge in [-0.2, -0.15) is 0 Å². The van der Waals surface area contributed by atoms with Crippen molar-refractivity contribution in [2.75, 3.05) is 19.6 Å². The van der Waals surface area contributed by atoms with Gasteiger partial charge in [0, 0.05) is 18.1 Å². The minimum atomic E-state index is 0.360. The summed E-state index contributed by atoms with van der Waals surface area (Å²) in [5, 5.41) is 3.52. The Morgan fingerprint density at radius 3 is 2.69 bits per heavy atom. The van der Waals surface area contributed by atoms with Crippen LogP contribution in [0, 0.1) is 5.92 Å². The van der Waals surface area contributed by atoms with Crippen LogP contribution in [-0.2, 0) is 0 Å². The second-order valence-electron chi connectivity index (χ2n) is 5.47. The van der Waals surface area contributed by atoms with Gasteiger partial charge in [0.2, 0.25) is 0 Å². The molecule has 0 aromatic heterocycles. The van der Waals surface area contributed by atoms with Gasteiger partial charge in [-0.15, -0.1) is 0 Å². The maximum Gasteiger partial charge on any atom is 0.0254 e. The van der Waals surface area contributed by atoms with Crippen molar-refractivity contribution in [3.8, 4) is 0 Å². The molecule has 0 saturated carbocycles. The molecule has 2 rings (SSSR count). The lowest BCUT2D eigenvalue weighted by Gasteiger charge is -2.40. The molecule has 0 bridgehead atoms. The Bertz CT molecular complexity index is 183. The molecule has 2 aliphatic rings. The van der Waals surface area contributed by atoms with E-state index >= 15 is 0 Å². The molecule has 2 fully saturated rings. The molecule has 76 valence electrons. The molecule has 1 N–H and O–H groups in total. The van der Waals surface area contributed by atoms with Gasteiger partial charge in [0.25, 0.3) is 0 Å². The van der Waals surface area contributed by atoms with Crippen LogP contribution in [0.1, 0.15) is 33.6 Å².